The fourth-order valence-corrected chi connectivity index (χ4v) is 7.92. The monoisotopic (exact) mass is 650 g/mol. The van der Waals surface area contributed by atoms with Crippen LogP contribution >= 0.6 is 0 Å². The number of nitrogens with zero attached hydrogens (tertiary/aromatic N) is 3. The van der Waals surface area contributed by atoms with E-state index in [0.29, 0.717) is 18.6 Å². The summed E-state index contributed by atoms with van der Waals surface area (Å²) < 4.78 is 5.07. The summed E-state index contributed by atoms with van der Waals surface area (Å²) in [5, 5.41) is 15.3. The van der Waals surface area contributed by atoms with Gasteiger partial charge in [0.15, 0.2) is 0 Å². The van der Waals surface area contributed by atoms with Crippen LogP contribution in [-0.4, -0.2) is 35.3 Å². The average molecular weight is 651 g/mol. The molecule has 0 aromatic heterocycles. The molecule has 6 aliphatic rings. The molecule has 1 aromatic carbocycles. The van der Waals surface area contributed by atoms with E-state index >= 15 is 0 Å². The number of fused-ring (bicyclic) bond motifs is 5. The van der Waals surface area contributed by atoms with Crippen molar-refractivity contribution in [3.8, 4) is 11.8 Å². The molecule has 0 radical (unpaired) electrons. The van der Waals surface area contributed by atoms with E-state index in [4.69, 9.17) is 19.7 Å². The van der Waals surface area contributed by atoms with Crippen molar-refractivity contribution in [2.75, 3.05) is 7.11 Å². The molecule has 0 spiro atoms. The molecule has 0 unspecified atom stereocenters. The number of aliphatic imine (C=N–C) groups is 3. The van der Waals surface area contributed by atoms with Gasteiger partial charge in [-0.05, 0) is 92.2 Å². The van der Waals surface area contributed by atoms with Crippen LogP contribution in [-0.2, 0) is 9.53 Å². The molecule has 7 rings (SSSR count). The molecular formula is C42H42N4O3. The van der Waals surface area contributed by atoms with Crippen LogP contribution in [0.25, 0.3) is 0 Å². The second-order valence-electron chi connectivity index (χ2n) is 13.3. The number of carbonyl (C=O) groups is 1. The van der Waals surface area contributed by atoms with Crippen molar-refractivity contribution >= 4 is 23.1 Å². The molecule has 2 atom stereocenters. The second-order valence-corrected chi connectivity index (χ2v) is 13.3. The molecule has 5 aliphatic heterocycles. The number of benzene rings is 1. The first-order valence-corrected chi connectivity index (χ1v) is 17.3. The minimum Gasteiger partial charge on any atom is -0.511 e. The SMILES string of the molecule is CCC1=C(C)C2=NC1=CC1=C(C)C3=C(O)CC(=C4NC(=C(C#Cc5ccccc5)C5=NC(=C2)C(CC)=C5C)[C@@H](C)[C@@H]4CCC(=O)OC)C3=N1. The molecule has 5 heterocycles. The van der Waals surface area contributed by atoms with Gasteiger partial charge in [-0.3, -0.25) is 4.79 Å². The van der Waals surface area contributed by atoms with E-state index in [9.17, 15) is 9.90 Å². The number of hydrogen-bond donors (Lipinski definition) is 2. The molecule has 7 heteroatoms. The van der Waals surface area contributed by atoms with Crippen LogP contribution in [0.4, 0.5) is 0 Å². The quantitative estimate of drug-likeness (QED) is 0.247. The largest absolute Gasteiger partial charge is 0.511 e. The van der Waals surface area contributed by atoms with E-state index in [2.05, 4.69) is 63.9 Å². The van der Waals surface area contributed by atoms with Crippen LogP contribution in [0.15, 0.2) is 136 Å². The predicted octanol–water partition coefficient (Wildman–Crippen LogP) is 8.44. The lowest BCUT2D eigenvalue weighted by atomic mass is 9.84. The number of methoxy groups -OCH3 is 1. The summed E-state index contributed by atoms with van der Waals surface area (Å²) in [6.45, 7) is 12.8. The zero-order valence-electron chi connectivity index (χ0n) is 29.3. The van der Waals surface area contributed by atoms with Gasteiger partial charge in [0.2, 0.25) is 0 Å². The van der Waals surface area contributed by atoms with Gasteiger partial charge in [-0.1, -0.05) is 50.8 Å². The van der Waals surface area contributed by atoms with Gasteiger partial charge < -0.3 is 15.2 Å². The Hall–Kier alpha value is -5.22. The number of rotatable bonds is 5. The highest BCUT2D eigenvalue weighted by Gasteiger charge is 2.42. The van der Waals surface area contributed by atoms with Crippen molar-refractivity contribution in [1.82, 2.24) is 5.32 Å². The maximum atomic E-state index is 12.5. The third kappa shape index (κ3) is 5.40. The van der Waals surface area contributed by atoms with Crippen LogP contribution in [0, 0.1) is 23.7 Å². The lowest BCUT2D eigenvalue weighted by Crippen LogP contribution is -2.16. The number of aliphatic hydroxyl groups excluding tert-OH is 1. The number of ether oxygens (including phenoxy) is 1. The smallest absolute Gasteiger partial charge is 0.305 e. The zero-order valence-corrected chi connectivity index (χ0v) is 29.3. The lowest BCUT2D eigenvalue weighted by molar-refractivity contribution is -0.140. The molecule has 8 bridgehead atoms. The van der Waals surface area contributed by atoms with Gasteiger partial charge in [-0.15, -0.1) is 0 Å². The van der Waals surface area contributed by atoms with Crippen molar-refractivity contribution in [3.05, 3.63) is 127 Å². The lowest BCUT2D eigenvalue weighted by Gasteiger charge is -2.17. The Bertz CT molecular complexity index is 2130. The highest BCUT2D eigenvalue weighted by Crippen LogP contribution is 2.47. The number of aliphatic hydroxyl groups is 1. The summed E-state index contributed by atoms with van der Waals surface area (Å²) in [4.78, 5) is 28.1. The molecular weight excluding hydrogens is 608 g/mol. The minimum atomic E-state index is -0.248. The van der Waals surface area contributed by atoms with Gasteiger partial charge in [0.05, 0.1) is 46.9 Å². The third-order valence-corrected chi connectivity index (χ3v) is 10.7. The molecule has 1 saturated heterocycles. The van der Waals surface area contributed by atoms with E-state index in [1.54, 1.807) is 0 Å². The molecule has 49 heavy (non-hydrogen) atoms. The van der Waals surface area contributed by atoms with Gasteiger partial charge in [0.1, 0.15) is 5.76 Å². The highest BCUT2D eigenvalue weighted by molar-refractivity contribution is 6.22. The molecule has 1 fully saturated rings. The fraction of sp³-hybridized carbons (Fsp3) is 0.333. The van der Waals surface area contributed by atoms with Crippen molar-refractivity contribution < 1.29 is 14.6 Å². The van der Waals surface area contributed by atoms with Crippen molar-refractivity contribution in [2.45, 2.75) is 73.6 Å². The van der Waals surface area contributed by atoms with Crippen LogP contribution in [0.5, 0.6) is 0 Å². The van der Waals surface area contributed by atoms with E-state index in [1.807, 2.05) is 37.3 Å². The number of carbonyl (C=O) groups excluding carboxylic acids is 1. The van der Waals surface area contributed by atoms with Crippen molar-refractivity contribution in [2.24, 2.45) is 26.8 Å². The standard InChI is InChI=1S/C42H42N4O3/c1-8-27-22(3)32-20-35-28(9-2)23(4)39(45-35)30(16-15-26-13-11-10-12-14-26)40-24(5)29(17-18-37(48)49-7)41(46-40)31-19-36(47)38-25(6)33(44-42(31)38)21-34(27)43-32/h10-14,20-21,24,29,46-47H,8-9,17-19H2,1-7H3/t24-,29-/m0/s1. The van der Waals surface area contributed by atoms with Gasteiger partial charge in [0.25, 0.3) is 0 Å². The minimum absolute atomic E-state index is 0.0296. The molecule has 248 valence electrons. The Kier molecular flexibility index (Phi) is 8.36. The molecule has 2 N–H and O–H groups in total. The van der Waals surface area contributed by atoms with E-state index in [-0.39, 0.29) is 24.2 Å². The highest BCUT2D eigenvalue weighted by atomic mass is 16.5. The van der Waals surface area contributed by atoms with E-state index in [0.717, 1.165) is 97.5 Å². The Morgan fingerprint density at radius 2 is 1.63 bits per heavy atom. The third-order valence-electron chi connectivity index (χ3n) is 10.7. The molecule has 1 aliphatic carbocycles. The number of nitrogens with one attached hydrogen (secondary N) is 1. The van der Waals surface area contributed by atoms with Gasteiger partial charge >= 0.3 is 5.97 Å². The summed E-state index contributed by atoms with van der Waals surface area (Å²) >= 11 is 0. The Morgan fingerprint density at radius 1 is 0.918 bits per heavy atom. The molecule has 7 nitrogen and oxygen atoms in total. The van der Waals surface area contributed by atoms with E-state index < -0.39 is 0 Å². The Balaban J connectivity index is 1.53. The maximum absolute atomic E-state index is 12.5. The normalized spacial score (nSPS) is 22.7. The number of esters is 1. The summed E-state index contributed by atoms with van der Waals surface area (Å²) in [5.41, 5.74) is 16.1. The van der Waals surface area contributed by atoms with Crippen LogP contribution in [0.1, 0.15) is 79.2 Å². The summed E-state index contributed by atoms with van der Waals surface area (Å²) in [6, 6.07) is 10.00. The summed E-state index contributed by atoms with van der Waals surface area (Å²) in [7, 11) is 1.43. The first kappa shape index (κ1) is 32.3. The number of hydrogen-bond acceptors (Lipinski definition) is 7. The summed E-state index contributed by atoms with van der Waals surface area (Å²) in [5.74, 6) is 6.96. The van der Waals surface area contributed by atoms with Crippen molar-refractivity contribution in [1.29, 1.82) is 0 Å². The maximum Gasteiger partial charge on any atom is 0.305 e. The van der Waals surface area contributed by atoms with Gasteiger partial charge in [-0.25, -0.2) is 15.0 Å². The van der Waals surface area contributed by atoms with Crippen LogP contribution in [0.2, 0.25) is 0 Å². The van der Waals surface area contributed by atoms with Crippen LogP contribution < -0.4 is 5.32 Å². The summed E-state index contributed by atoms with van der Waals surface area (Å²) in [6.07, 6.45) is 7.05. The van der Waals surface area contributed by atoms with Crippen LogP contribution in [0.3, 0.4) is 0 Å². The fourth-order valence-electron chi connectivity index (χ4n) is 7.92. The topological polar surface area (TPSA) is 95.6 Å². The van der Waals surface area contributed by atoms with Crippen molar-refractivity contribution in [3.63, 3.8) is 0 Å². The first-order chi connectivity index (χ1) is 23.6. The second kappa shape index (κ2) is 12.7. The van der Waals surface area contributed by atoms with Gasteiger partial charge in [0, 0.05) is 52.8 Å². The van der Waals surface area contributed by atoms with E-state index in [1.165, 1.54) is 18.3 Å². The molecule has 0 amide bonds. The zero-order chi connectivity index (χ0) is 34.6. The Labute approximate surface area is 288 Å². The average Bonchev–Trinajstić information content (AvgIpc) is 3.86. The molecule has 1 aromatic rings. The number of allylic oxidation sites excluding steroid dienone is 12. The Morgan fingerprint density at radius 3 is 2.35 bits per heavy atom. The predicted molar refractivity (Wildman–Crippen MR) is 196 cm³/mol. The first-order valence-electron chi connectivity index (χ1n) is 17.3. The van der Waals surface area contributed by atoms with Gasteiger partial charge in [-0.2, -0.15) is 0 Å². The molecule has 0 saturated carbocycles.